The van der Waals surface area contributed by atoms with Gasteiger partial charge in [0.25, 0.3) is 0 Å². The van der Waals surface area contributed by atoms with Gasteiger partial charge in [-0.05, 0) is 109 Å². The third kappa shape index (κ3) is 6.62. The van der Waals surface area contributed by atoms with Crippen LogP contribution in [0.3, 0.4) is 0 Å². The number of benzene rings is 6. The fourth-order valence-corrected chi connectivity index (χ4v) is 6.99. The first-order chi connectivity index (χ1) is 22.3. The average Bonchev–Trinajstić information content (AvgIpc) is 3.12. The minimum Gasteiger partial charge on any atom is -0.0683 e. The van der Waals surface area contributed by atoms with Crippen molar-refractivity contribution in [2.45, 2.75) is 87.5 Å². The molecular formula is C45H52. The standard InChI is InChI=1S/C37H28.4C2H6/c1-4-15-32-26(9-1)22-29-13-6-16-33-25(18-19-35(32)37(29)33)11-5-8-24-20-28-12-7-17-34-31-14-3-2-10-27(31)23-30(21-24)36(28)34;4*1-2/h1-4,6-7,9-10,12-21H,5,8,11,22-23H2;4*1-2H3. The van der Waals surface area contributed by atoms with Crippen LogP contribution in [0.25, 0.3) is 43.8 Å². The second kappa shape index (κ2) is 16.2. The molecule has 6 aromatic carbocycles. The molecule has 0 unspecified atom stereocenters. The van der Waals surface area contributed by atoms with Gasteiger partial charge >= 0.3 is 0 Å². The molecule has 8 rings (SSSR count). The molecule has 0 bridgehead atoms. The summed E-state index contributed by atoms with van der Waals surface area (Å²) in [6.07, 6.45) is 5.46. The highest BCUT2D eigenvalue weighted by atomic mass is 14.2. The van der Waals surface area contributed by atoms with Crippen molar-refractivity contribution in [3.05, 3.63) is 143 Å². The number of aryl methyl sites for hydroxylation is 2. The Balaban J connectivity index is 0.000000537. The third-order valence-corrected chi connectivity index (χ3v) is 8.62. The molecule has 2 aliphatic carbocycles. The summed E-state index contributed by atoms with van der Waals surface area (Å²) in [6, 6.07) is 41.2. The highest BCUT2D eigenvalue weighted by molar-refractivity contribution is 6.04. The van der Waals surface area contributed by atoms with Gasteiger partial charge in [-0.2, -0.15) is 0 Å². The maximum atomic E-state index is 2.48. The van der Waals surface area contributed by atoms with E-state index in [9.17, 15) is 0 Å². The molecule has 0 heterocycles. The summed E-state index contributed by atoms with van der Waals surface area (Å²) in [5, 5.41) is 5.76. The fourth-order valence-electron chi connectivity index (χ4n) is 6.99. The Morgan fingerprint density at radius 1 is 0.422 bits per heavy atom. The van der Waals surface area contributed by atoms with Crippen LogP contribution in [0.1, 0.15) is 95.2 Å². The molecule has 232 valence electrons. The first-order valence-corrected chi connectivity index (χ1v) is 17.6. The van der Waals surface area contributed by atoms with Crippen molar-refractivity contribution in [2.75, 3.05) is 0 Å². The minimum atomic E-state index is 1.04. The summed E-state index contributed by atoms with van der Waals surface area (Å²) in [5.74, 6) is 0. The molecule has 0 radical (unpaired) electrons. The Morgan fingerprint density at radius 3 is 1.67 bits per heavy atom. The van der Waals surface area contributed by atoms with Crippen LogP contribution in [0.5, 0.6) is 0 Å². The van der Waals surface area contributed by atoms with Crippen molar-refractivity contribution in [1.82, 2.24) is 0 Å². The van der Waals surface area contributed by atoms with Gasteiger partial charge in [0.05, 0.1) is 0 Å². The van der Waals surface area contributed by atoms with E-state index in [1.807, 2.05) is 55.4 Å². The first-order valence-electron chi connectivity index (χ1n) is 17.6. The number of hydrogen-bond donors (Lipinski definition) is 0. The summed E-state index contributed by atoms with van der Waals surface area (Å²) in [7, 11) is 0. The molecular weight excluding hydrogens is 540 g/mol. The highest BCUT2D eigenvalue weighted by Gasteiger charge is 2.20. The van der Waals surface area contributed by atoms with Gasteiger partial charge in [-0.15, -0.1) is 0 Å². The molecule has 0 N–H and O–H groups in total. The van der Waals surface area contributed by atoms with Crippen molar-refractivity contribution in [3.63, 3.8) is 0 Å². The van der Waals surface area contributed by atoms with E-state index in [1.54, 1.807) is 0 Å². The normalized spacial score (nSPS) is 11.2. The van der Waals surface area contributed by atoms with Gasteiger partial charge in [0.15, 0.2) is 0 Å². The molecule has 0 atom stereocenters. The largest absolute Gasteiger partial charge is 0.0683 e. The molecule has 2 aliphatic rings. The average molecular weight is 593 g/mol. The maximum Gasteiger partial charge on any atom is -0.00131 e. The van der Waals surface area contributed by atoms with E-state index in [0.717, 1.165) is 32.1 Å². The Morgan fingerprint density at radius 2 is 0.978 bits per heavy atom. The monoisotopic (exact) mass is 592 g/mol. The smallest absolute Gasteiger partial charge is 0.00131 e. The zero-order valence-electron chi connectivity index (χ0n) is 28.9. The zero-order chi connectivity index (χ0) is 32.3. The van der Waals surface area contributed by atoms with Crippen LogP contribution >= 0.6 is 0 Å². The predicted octanol–water partition coefficient (Wildman–Crippen LogP) is 13.4. The molecule has 0 fully saturated rings. The third-order valence-electron chi connectivity index (χ3n) is 8.62. The van der Waals surface area contributed by atoms with Gasteiger partial charge in [-0.3, -0.25) is 0 Å². The van der Waals surface area contributed by atoms with Crippen LogP contribution in [0.2, 0.25) is 0 Å². The lowest BCUT2D eigenvalue weighted by molar-refractivity contribution is 0.825. The Labute approximate surface area is 273 Å². The van der Waals surface area contributed by atoms with Gasteiger partial charge in [-0.1, -0.05) is 165 Å². The molecule has 0 heteroatoms. The van der Waals surface area contributed by atoms with Crippen LogP contribution in [0, 0.1) is 0 Å². The summed E-state index contributed by atoms with van der Waals surface area (Å²) >= 11 is 0. The SMILES string of the molecule is CC.CC.CC.CC.c1ccc2c(c1)Cc1cc(CCCc3ccc4c5c(cccc35)Cc3ccccc3-4)cc3cccc-2c13. The van der Waals surface area contributed by atoms with Crippen LogP contribution in [0.15, 0.2) is 109 Å². The van der Waals surface area contributed by atoms with Crippen molar-refractivity contribution in [1.29, 1.82) is 0 Å². The van der Waals surface area contributed by atoms with E-state index in [-0.39, 0.29) is 0 Å². The molecule has 0 amide bonds. The highest BCUT2D eigenvalue weighted by Crippen LogP contribution is 2.42. The van der Waals surface area contributed by atoms with Gasteiger partial charge in [0, 0.05) is 0 Å². The fraction of sp³-hybridized carbons (Fsp3) is 0.289. The lowest BCUT2D eigenvalue weighted by Crippen LogP contribution is -2.03. The van der Waals surface area contributed by atoms with E-state index < -0.39 is 0 Å². The molecule has 6 aromatic rings. The minimum absolute atomic E-state index is 1.04. The van der Waals surface area contributed by atoms with Crippen molar-refractivity contribution < 1.29 is 0 Å². The van der Waals surface area contributed by atoms with Gasteiger partial charge in [0.1, 0.15) is 0 Å². The zero-order valence-corrected chi connectivity index (χ0v) is 28.9. The Bertz CT molecular complexity index is 1850. The van der Waals surface area contributed by atoms with E-state index >= 15 is 0 Å². The molecule has 45 heavy (non-hydrogen) atoms. The van der Waals surface area contributed by atoms with Gasteiger partial charge in [0.2, 0.25) is 0 Å². The second-order valence-electron chi connectivity index (χ2n) is 10.8. The van der Waals surface area contributed by atoms with E-state index in [2.05, 4.69) is 109 Å². The first kappa shape index (κ1) is 33.7. The molecule has 0 aliphatic heterocycles. The Kier molecular flexibility index (Phi) is 12.2. The van der Waals surface area contributed by atoms with Gasteiger partial charge < -0.3 is 0 Å². The predicted molar refractivity (Wildman–Crippen MR) is 202 cm³/mol. The van der Waals surface area contributed by atoms with Crippen molar-refractivity contribution in [2.24, 2.45) is 0 Å². The Hall–Kier alpha value is -4.16. The lowest BCUT2D eigenvalue weighted by atomic mass is 9.81. The van der Waals surface area contributed by atoms with E-state index in [1.165, 1.54) is 77.2 Å². The lowest BCUT2D eigenvalue weighted by Gasteiger charge is -2.22. The van der Waals surface area contributed by atoms with Crippen LogP contribution < -0.4 is 0 Å². The molecule has 0 saturated carbocycles. The van der Waals surface area contributed by atoms with E-state index in [0.29, 0.717) is 0 Å². The number of rotatable bonds is 4. The number of fused-ring (bicyclic) bond motifs is 4. The van der Waals surface area contributed by atoms with Crippen molar-refractivity contribution >= 4 is 21.5 Å². The summed E-state index contributed by atoms with van der Waals surface area (Å²) in [4.78, 5) is 0. The summed E-state index contributed by atoms with van der Waals surface area (Å²) in [5.41, 5.74) is 14.4. The van der Waals surface area contributed by atoms with Crippen LogP contribution in [0.4, 0.5) is 0 Å². The molecule has 0 aromatic heterocycles. The van der Waals surface area contributed by atoms with Crippen LogP contribution in [-0.2, 0) is 25.7 Å². The number of hydrogen-bond acceptors (Lipinski definition) is 0. The van der Waals surface area contributed by atoms with E-state index in [4.69, 9.17) is 0 Å². The molecule has 0 spiro atoms. The van der Waals surface area contributed by atoms with Gasteiger partial charge in [-0.25, -0.2) is 0 Å². The quantitative estimate of drug-likeness (QED) is 0.191. The van der Waals surface area contributed by atoms with Crippen LogP contribution in [-0.4, -0.2) is 0 Å². The molecule has 0 saturated heterocycles. The maximum absolute atomic E-state index is 2.48. The second-order valence-corrected chi connectivity index (χ2v) is 10.8. The van der Waals surface area contributed by atoms with Crippen molar-refractivity contribution in [3.8, 4) is 22.3 Å². The molecule has 0 nitrogen and oxygen atoms in total. The summed E-state index contributed by atoms with van der Waals surface area (Å²) in [6.45, 7) is 16.0. The summed E-state index contributed by atoms with van der Waals surface area (Å²) < 4.78 is 0. The topological polar surface area (TPSA) is 0 Å².